The molecule has 112 valence electrons. The molecule has 2 saturated heterocycles. The molecule has 2 aliphatic rings. The van der Waals surface area contributed by atoms with Gasteiger partial charge in [0.15, 0.2) is 0 Å². The molecule has 0 radical (unpaired) electrons. The summed E-state index contributed by atoms with van der Waals surface area (Å²) < 4.78 is 37.4. The summed E-state index contributed by atoms with van der Waals surface area (Å²) in [7, 11) is 0. The largest absolute Gasteiger partial charge is 0.416 e. The number of rotatable bonds is 1. The smallest absolute Gasteiger partial charge is 0.351 e. The highest BCUT2D eigenvalue weighted by Crippen LogP contribution is 2.30. The van der Waals surface area contributed by atoms with Crippen LogP contribution in [-0.2, 0) is 11.0 Å². The molecule has 2 fully saturated rings. The minimum Gasteiger partial charge on any atom is -0.351 e. The fourth-order valence-electron chi connectivity index (χ4n) is 2.90. The van der Waals surface area contributed by atoms with Crippen molar-refractivity contribution in [1.82, 2.24) is 10.2 Å². The van der Waals surface area contributed by atoms with Crippen LogP contribution >= 0.6 is 0 Å². The second kappa shape index (κ2) is 4.75. The SMILES string of the molecule is O=C1C[C@H]2CN(C(=O)c3ccc(C(F)(F)F)cc3)C[C@H]2N1. The zero-order valence-corrected chi connectivity index (χ0v) is 11.0. The molecule has 2 amide bonds. The topological polar surface area (TPSA) is 49.4 Å². The zero-order chi connectivity index (χ0) is 15.2. The first-order valence-corrected chi connectivity index (χ1v) is 6.60. The summed E-state index contributed by atoms with van der Waals surface area (Å²) >= 11 is 0. The Balaban J connectivity index is 1.71. The van der Waals surface area contributed by atoms with Crippen LogP contribution in [0.25, 0.3) is 0 Å². The van der Waals surface area contributed by atoms with E-state index in [9.17, 15) is 22.8 Å². The van der Waals surface area contributed by atoms with Crippen LogP contribution < -0.4 is 5.32 Å². The van der Waals surface area contributed by atoms with E-state index in [4.69, 9.17) is 0 Å². The predicted molar refractivity (Wildman–Crippen MR) is 67.4 cm³/mol. The second-order valence-corrected chi connectivity index (χ2v) is 5.42. The summed E-state index contributed by atoms with van der Waals surface area (Å²) in [6.45, 7) is 0.875. The van der Waals surface area contributed by atoms with Crippen LogP contribution in [0.3, 0.4) is 0 Å². The van der Waals surface area contributed by atoms with Crippen molar-refractivity contribution < 1.29 is 22.8 Å². The van der Waals surface area contributed by atoms with Gasteiger partial charge >= 0.3 is 6.18 Å². The molecule has 0 aromatic heterocycles. The van der Waals surface area contributed by atoms with Gasteiger partial charge in [0.2, 0.25) is 5.91 Å². The van der Waals surface area contributed by atoms with Gasteiger partial charge in [-0.25, -0.2) is 0 Å². The first-order chi connectivity index (χ1) is 9.84. The van der Waals surface area contributed by atoms with Crippen molar-refractivity contribution in [2.75, 3.05) is 13.1 Å². The van der Waals surface area contributed by atoms with Gasteiger partial charge in [-0.1, -0.05) is 0 Å². The van der Waals surface area contributed by atoms with Crippen LogP contribution in [-0.4, -0.2) is 35.8 Å². The van der Waals surface area contributed by atoms with Crippen molar-refractivity contribution in [3.8, 4) is 0 Å². The molecule has 1 N–H and O–H groups in total. The first-order valence-electron chi connectivity index (χ1n) is 6.60. The molecule has 2 aliphatic heterocycles. The van der Waals surface area contributed by atoms with Crippen LogP contribution in [0.4, 0.5) is 13.2 Å². The molecule has 0 unspecified atom stereocenters. The summed E-state index contributed by atoms with van der Waals surface area (Å²) in [6.07, 6.45) is -4.00. The molecule has 1 aromatic carbocycles. The summed E-state index contributed by atoms with van der Waals surface area (Å²) in [4.78, 5) is 25.0. The lowest BCUT2D eigenvalue weighted by molar-refractivity contribution is -0.137. The number of amides is 2. The molecule has 7 heteroatoms. The van der Waals surface area contributed by atoms with Crippen LogP contribution in [0, 0.1) is 5.92 Å². The van der Waals surface area contributed by atoms with Gasteiger partial charge in [-0.05, 0) is 24.3 Å². The number of nitrogens with one attached hydrogen (secondary N) is 1. The minimum absolute atomic E-state index is 0.00775. The third-order valence-corrected chi connectivity index (χ3v) is 3.98. The summed E-state index contributed by atoms with van der Waals surface area (Å²) in [6, 6.07) is 4.17. The lowest BCUT2D eigenvalue weighted by Crippen LogP contribution is -2.35. The Kier molecular flexibility index (Phi) is 3.15. The maximum absolute atomic E-state index is 12.5. The van der Waals surface area contributed by atoms with E-state index >= 15 is 0 Å². The second-order valence-electron chi connectivity index (χ2n) is 5.42. The minimum atomic E-state index is -4.41. The Morgan fingerprint density at radius 3 is 2.43 bits per heavy atom. The number of alkyl halides is 3. The van der Waals surface area contributed by atoms with E-state index in [0.717, 1.165) is 12.1 Å². The third kappa shape index (κ3) is 2.59. The van der Waals surface area contributed by atoms with Gasteiger partial charge in [-0.3, -0.25) is 9.59 Å². The number of carbonyl (C=O) groups excluding carboxylic acids is 2. The number of nitrogens with zero attached hydrogens (tertiary/aromatic N) is 1. The van der Waals surface area contributed by atoms with Crippen LogP contribution in [0.1, 0.15) is 22.3 Å². The monoisotopic (exact) mass is 298 g/mol. The number of hydrogen-bond donors (Lipinski definition) is 1. The van der Waals surface area contributed by atoms with Crippen molar-refractivity contribution in [2.24, 2.45) is 5.92 Å². The van der Waals surface area contributed by atoms with E-state index < -0.39 is 11.7 Å². The Labute approximate surface area is 118 Å². The first kappa shape index (κ1) is 13.9. The molecule has 0 aliphatic carbocycles. The van der Waals surface area contributed by atoms with Crippen LogP contribution in [0.2, 0.25) is 0 Å². The Morgan fingerprint density at radius 1 is 1.19 bits per heavy atom. The number of hydrogen-bond acceptors (Lipinski definition) is 2. The molecule has 2 heterocycles. The number of benzene rings is 1. The number of likely N-dealkylation sites (tertiary alicyclic amines) is 1. The average Bonchev–Trinajstić information content (AvgIpc) is 2.94. The van der Waals surface area contributed by atoms with Crippen molar-refractivity contribution >= 4 is 11.8 Å². The summed E-state index contributed by atoms with van der Waals surface area (Å²) in [5.41, 5.74) is -0.543. The molecular formula is C14H13F3N2O2. The van der Waals surface area contributed by atoms with Gasteiger partial charge in [0.1, 0.15) is 0 Å². The van der Waals surface area contributed by atoms with E-state index in [0.29, 0.717) is 19.5 Å². The number of fused-ring (bicyclic) bond motifs is 1. The van der Waals surface area contributed by atoms with E-state index in [1.54, 1.807) is 4.90 Å². The van der Waals surface area contributed by atoms with Gasteiger partial charge < -0.3 is 10.2 Å². The Hall–Kier alpha value is -2.05. The van der Waals surface area contributed by atoms with Crippen LogP contribution in [0.5, 0.6) is 0 Å². The van der Waals surface area contributed by atoms with Crippen LogP contribution in [0.15, 0.2) is 24.3 Å². The lowest BCUT2D eigenvalue weighted by atomic mass is 10.1. The number of halogens is 3. The number of carbonyl (C=O) groups is 2. The highest BCUT2D eigenvalue weighted by molar-refractivity contribution is 5.94. The molecule has 21 heavy (non-hydrogen) atoms. The van der Waals surface area contributed by atoms with Gasteiger partial charge in [0.25, 0.3) is 5.91 Å². The standard InChI is InChI=1S/C14H13F3N2O2/c15-14(16,17)10-3-1-8(2-4-10)13(21)19-6-9-5-12(20)18-11(9)7-19/h1-4,9,11H,5-7H2,(H,18,20)/t9-,11+/m0/s1. The Bertz CT molecular complexity index is 567. The van der Waals surface area contributed by atoms with Crippen molar-refractivity contribution in [3.05, 3.63) is 35.4 Å². The van der Waals surface area contributed by atoms with E-state index in [1.165, 1.54) is 12.1 Å². The van der Waals surface area contributed by atoms with Crippen molar-refractivity contribution in [1.29, 1.82) is 0 Å². The molecular weight excluding hydrogens is 285 g/mol. The van der Waals surface area contributed by atoms with E-state index in [-0.39, 0.29) is 29.3 Å². The zero-order valence-electron chi connectivity index (χ0n) is 11.0. The highest BCUT2D eigenvalue weighted by atomic mass is 19.4. The molecule has 1 aromatic rings. The predicted octanol–water partition coefficient (Wildman–Crippen LogP) is 1.67. The summed E-state index contributed by atoms with van der Waals surface area (Å²) in [5.74, 6) is -0.199. The van der Waals surface area contributed by atoms with Crippen molar-refractivity contribution in [3.63, 3.8) is 0 Å². The molecule has 3 rings (SSSR count). The molecule has 0 bridgehead atoms. The quantitative estimate of drug-likeness (QED) is 0.857. The van der Waals surface area contributed by atoms with Crippen molar-refractivity contribution in [2.45, 2.75) is 18.6 Å². The maximum atomic E-state index is 12.5. The van der Waals surface area contributed by atoms with Gasteiger partial charge in [0, 0.05) is 31.0 Å². The van der Waals surface area contributed by atoms with E-state index in [1.807, 2.05) is 0 Å². The molecule has 4 nitrogen and oxygen atoms in total. The summed E-state index contributed by atoms with van der Waals surface area (Å²) in [5, 5.41) is 2.80. The molecule has 0 saturated carbocycles. The normalized spacial score (nSPS) is 24.9. The third-order valence-electron chi connectivity index (χ3n) is 3.98. The van der Waals surface area contributed by atoms with Gasteiger partial charge in [-0.2, -0.15) is 13.2 Å². The molecule has 0 spiro atoms. The fraction of sp³-hybridized carbons (Fsp3) is 0.429. The maximum Gasteiger partial charge on any atom is 0.416 e. The molecule has 2 atom stereocenters. The van der Waals surface area contributed by atoms with Gasteiger partial charge in [-0.15, -0.1) is 0 Å². The lowest BCUT2D eigenvalue weighted by Gasteiger charge is -2.17. The van der Waals surface area contributed by atoms with Gasteiger partial charge in [0.05, 0.1) is 11.6 Å². The Morgan fingerprint density at radius 2 is 1.86 bits per heavy atom. The van der Waals surface area contributed by atoms with E-state index in [2.05, 4.69) is 5.32 Å². The highest BCUT2D eigenvalue weighted by Gasteiger charge is 2.41. The fourth-order valence-corrected chi connectivity index (χ4v) is 2.90. The average molecular weight is 298 g/mol.